The largest absolute Gasteiger partial charge is 0.495 e. The van der Waals surface area contributed by atoms with E-state index < -0.39 is 0 Å². The van der Waals surface area contributed by atoms with Crippen LogP contribution in [0.5, 0.6) is 11.8 Å². The molecular formula is C10H12N2O2. The van der Waals surface area contributed by atoms with Gasteiger partial charge in [0.2, 0.25) is 0 Å². The van der Waals surface area contributed by atoms with E-state index in [4.69, 9.17) is 9.84 Å². The van der Waals surface area contributed by atoms with Crippen molar-refractivity contribution in [2.24, 2.45) is 0 Å². The van der Waals surface area contributed by atoms with Gasteiger partial charge < -0.3 is 9.84 Å². The Morgan fingerprint density at radius 3 is 2.14 bits per heavy atom. The molecule has 0 aliphatic rings. The summed E-state index contributed by atoms with van der Waals surface area (Å²) in [7, 11) is 1.53. The first kappa shape index (κ1) is 10.1. The highest BCUT2D eigenvalue weighted by molar-refractivity contribution is 5.20. The molecule has 0 spiro atoms. The van der Waals surface area contributed by atoms with Crippen molar-refractivity contribution in [2.75, 3.05) is 7.11 Å². The van der Waals surface area contributed by atoms with Gasteiger partial charge >= 0.3 is 0 Å². The number of aromatic amines is 1. The number of pyridine rings is 1. The van der Waals surface area contributed by atoms with Gasteiger partial charge in [-0.3, -0.25) is 9.97 Å². The van der Waals surface area contributed by atoms with E-state index in [-0.39, 0.29) is 5.88 Å². The fraction of sp³-hybridized carbons (Fsp3) is 0.100. The van der Waals surface area contributed by atoms with E-state index in [2.05, 4.69) is 9.97 Å². The number of aromatic hydroxyl groups is 1. The molecule has 0 atom stereocenters. The van der Waals surface area contributed by atoms with Gasteiger partial charge in [0.15, 0.2) is 11.8 Å². The van der Waals surface area contributed by atoms with Crippen LogP contribution in [0.15, 0.2) is 42.7 Å². The van der Waals surface area contributed by atoms with E-state index in [1.165, 1.54) is 13.2 Å². The third-order valence-corrected chi connectivity index (χ3v) is 1.43. The number of H-pyrrole nitrogens is 1. The first-order valence-electron chi connectivity index (χ1n) is 4.10. The highest BCUT2D eigenvalue weighted by Gasteiger charge is 1.90. The van der Waals surface area contributed by atoms with Crippen molar-refractivity contribution in [3.05, 3.63) is 42.7 Å². The molecule has 0 saturated carbocycles. The Bertz CT molecular complexity index is 319. The maximum atomic E-state index is 8.65. The topological polar surface area (TPSA) is 58.1 Å². The fourth-order valence-corrected chi connectivity index (χ4v) is 0.796. The molecule has 0 aromatic carbocycles. The third-order valence-electron chi connectivity index (χ3n) is 1.43. The van der Waals surface area contributed by atoms with Crippen molar-refractivity contribution in [3.8, 4) is 11.8 Å². The summed E-state index contributed by atoms with van der Waals surface area (Å²) >= 11 is 0. The monoisotopic (exact) mass is 192 g/mol. The lowest BCUT2D eigenvalue weighted by atomic mass is 10.5. The molecule has 14 heavy (non-hydrogen) atoms. The van der Waals surface area contributed by atoms with Crippen LogP contribution in [0.25, 0.3) is 0 Å². The quantitative estimate of drug-likeness (QED) is 0.724. The zero-order valence-corrected chi connectivity index (χ0v) is 7.84. The summed E-state index contributed by atoms with van der Waals surface area (Å²) < 4.78 is 4.72. The smallest absolute Gasteiger partial charge is 0.193 e. The van der Waals surface area contributed by atoms with Crippen LogP contribution in [0.1, 0.15) is 0 Å². The Hall–Kier alpha value is -1.97. The lowest BCUT2D eigenvalue weighted by Gasteiger charge is -1.88. The van der Waals surface area contributed by atoms with Crippen LogP contribution in [0, 0.1) is 0 Å². The molecule has 0 amide bonds. The standard InChI is InChI=1S/C5H7NO2.C5H5N/c1-8-5-3-2-4(7)6-5;1-2-4-6-5-3-1/h2-3,6-7H,1H3;1-5H. The molecule has 0 bridgehead atoms. The van der Waals surface area contributed by atoms with Gasteiger partial charge in [-0.1, -0.05) is 6.07 Å². The number of nitrogens with zero attached hydrogens (tertiary/aromatic N) is 1. The maximum absolute atomic E-state index is 8.65. The SMILES string of the molecule is COc1ccc(O)[nH]1.c1ccncc1. The van der Waals surface area contributed by atoms with Gasteiger partial charge in [0, 0.05) is 24.5 Å². The Morgan fingerprint density at radius 2 is 1.93 bits per heavy atom. The van der Waals surface area contributed by atoms with E-state index in [0.717, 1.165) is 0 Å². The molecule has 0 aliphatic heterocycles. The minimum Gasteiger partial charge on any atom is -0.495 e. The normalized spacial score (nSPS) is 8.64. The van der Waals surface area contributed by atoms with E-state index in [0.29, 0.717) is 5.88 Å². The number of nitrogens with one attached hydrogen (secondary N) is 1. The lowest BCUT2D eigenvalue weighted by molar-refractivity contribution is 0.389. The average Bonchev–Trinajstić information content (AvgIpc) is 2.68. The van der Waals surface area contributed by atoms with Gasteiger partial charge in [-0.2, -0.15) is 0 Å². The van der Waals surface area contributed by atoms with Crippen LogP contribution in [0.3, 0.4) is 0 Å². The molecule has 4 heteroatoms. The Labute approximate surface area is 82.2 Å². The summed E-state index contributed by atoms with van der Waals surface area (Å²) in [6.07, 6.45) is 3.50. The minimum atomic E-state index is 0.127. The van der Waals surface area contributed by atoms with Crippen molar-refractivity contribution in [2.45, 2.75) is 0 Å². The number of rotatable bonds is 1. The maximum Gasteiger partial charge on any atom is 0.193 e. The van der Waals surface area contributed by atoms with Crippen LogP contribution < -0.4 is 4.74 Å². The van der Waals surface area contributed by atoms with Crippen LogP contribution in [-0.2, 0) is 0 Å². The van der Waals surface area contributed by atoms with Crippen molar-refractivity contribution >= 4 is 0 Å². The van der Waals surface area contributed by atoms with E-state index in [1.54, 1.807) is 18.5 Å². The average molecular weight is 192 g/mol. The first-order chi connectivity index (χ1) is 6.83. The molecule has 0 saturated heterocycles. The molecule has 0 fully saturated rings. The van der Waals surface area contributed by atoms with Gasteiger partial charge in [0.05, 0.1) is 7.11 Å². The predicted molar refractivity (Wildman–Crippen MR) is 53.2 cm³/mol. The first-order valence-corrected chi connectivity index (χ1v) is 4.10. The highest BCUT2D eigenvalue weighted by atomic mass is 16.5. The van der Waals surface area contributed by atoms with Crippen LogP contribution >= 0.6 is 0 Å². The zero-order valence-electron chi connectivity index (χ0n) is 7.84. The van der Waals surface area contributed by atoms with Gasteiger partial charge in [-0.05, 0) is 12.1 Å². The second-order valence-corrected chi connectivity index (χ2v) is 2.44. The Morgan fingerprint density at radius 1 is 1.21 bits per heavy atom. The summed E-state index contributed by atoms with van der Waals surface area (Å²) in [6.45, 7) is 0. The number of ether oxygens (including phenoxy) is 1. The molecule has 2 aromatic rings. The number of hydrogen-bond donors (Lipinski definition) is 2. The molecular weight excluding hydrogens is 180 g/mol. The van der Waals surface area contributed by atoms with E-state index in [1.807, 2.05) is 18.2 Å². The lowest BCUT2D eigenvalue weighted by Crippen LogP contribution is -1.79. The van der Waals surface area contributed by atoms with Crippen LogP contribution in [0.2, 0.25) is 0 Å². The number of methoxy groups -OCH3 is 1. The Kier molecular flexibility index (Phi) is 4.07. The molecule has 74 valence electrons. The minimum absolute atomic E-state index is 0.127. The van der Waals surface area contributed by atoms with E-state index in [9.17, 15) is 0 Å². The summed E-state index contributed by atoms with van der Waals surface area (Å²) in [6, 6.07) is 8.89. The second kappa shape index (κ2) is 5.64. The third kappa shape index (κ3) is 3.62. The molecule has 4 nitrogen and oxygen atoms in total. The van der Waals surface area contributed by atoms with Crippen LogP contribution in [-0.4, -0.2) is 22.2 Å². The molecule has 2 aromatic heterocycles. The van der Waals surface area contributed by atoms with Gasteiger partial charge in [0.1, 0.15) is 0 Å². The molecule has 0 unspecified atom stereocenters. The van der Waals surface area contributed by atoms with Gasteiger partial charge in [-0.15, -0.1) is 0 Å². The molecule has 2 N–H and O–H groups in total. The summed E-state index contributed by atoms with van der Waals surface area (Å²) in [5, 5.41) is 8.65. The molecule has 2 heterocycles. The van der Waals surface area contributed by atoms with Crippen molar-refractivity contribution in [3.63, 3.8) is 0 Å². The highest BCUT2D eigenvalue weighted by Crippen LogP contribution is 2.12. The van der Waals surface area contributed by atoms with Gasteiger partial charge in [0.25, 0.3) is 0 Å². The number of aromatic nitrogens is 2. The van der Waals surface area contributed by atoms with Crippen LogP contribution in [0.4, 0.5) is 0 Å². The van der Waals surface area contributed by atoms with Crippen molar-refractivity contribution in [1.29, 1.82) is 0 Å². The molecule has 2 rings (SSSR count). The molecule has 0 aliphatic carbocycles. The van der Waals surface area contributed by atoms with Crippen molar-refractivity contribution in [1.82, 2.24) is 9.97 Å². The summed E-state index contributed by atoms with van der Waals surface area (Å²) in [4.78, 5) is 6.34. The van der Waals surface area contributed by atoms with E-state index >= 15 is 0 Å². The Balaban J connectivity index is 0.000000146. The molecule has 0 radical (unpaired) electrons. The zero-order chi connectivity index (χ0) is 10.2. The second-order valence-electron chi connectivity index (χ2n) is 2.44. The van der Waals surface area contributed by atoms with Gasteiger partial charge in [-0.25, -0.2) is 0 Å². The summed E-state index contributed by atoms with van der Waals surface area (Å²) in [5.74, 6) is 0.698. The number of hydrogen-bond acceptors (Lipinski definition) is 3. The predicted octanol–water partition coefficient (Wildman–Crippen LogP) is 1.81. The van der Waals surface area contributed by atoms with Crippen molar-refractivity contribution < 1.29 is 9.84 Å². The summed E-state index contributed by atoms with van der Waals surface area (Å²) in [5.41, 5.74) is 0. The fourth-order valence-electron chi connectivity index (χ4n) is 0.796.